The second kappa shape index (κ2) is 4.68. The van der Waals surface area contributed by atoms with Gasteiger partial charge < -0.3 is 10.0 Å². The number of nitrogens with zero attached hydrogens (tertiary/aromatic N) is 2. The maximum absolute atomic E-state index is 12.0. The molecule has 2 amide bonds. The second-order valence-corrected chi connectivity index (χ2v) is 4.47. The Balaban J connectivity index is 2.39. The Bertz CT molecular complexity index is 487. The van der Waals surface area contributed by atoms with Crippen LogP contribution in [0.4, 0.5) is 10.5 Å². The van der Waals surface area contributed by atoms with E-state index < -0.39 is 11.9 Å². The number of carboxylic acid groups (broad SMARTS) is 1. The predicted octanol–water partition coefficient (Wildman–Crippen LogP) is 1.75. The van der Waals surface area contributed by atoms with Crippen LogP contribution in [-0.2, 0) is 4.79 Å². The van der Waals surface area contributed by atoms with Crippen molar-refractivity contribution in [1.82, 2.24) is 4.90 Å². The third kappa shape index (κ3) is 2.03. The molecule has 0 spiro atoms. The van der Waals surface area contributed by atoms with Gasteiger partial charge in [-0.1, -0.05) is 18.2 Å². The van der Waals surface area contributed by atoms with E-state index in [9.17, 15) is 9.59 Å². The molecule has 96 valence electrons. The number of likely N-dealkylation sites (N-methyl/N-ethyl adjacent to an activating group) is 1. The van der Waals surface area contributed by atoms with Gasteiger partial charge in [0.15, 0.2) is 0 Å². The van der Waals surface area contributed by atoms with Crippen LogP contribution in [0.25, 0.3) is 0 Å². The van der Waals surface area contributed by atoms with E-state index in [-0.39, 0.29) is 6.03 Å². The summed E-state index contributed by atoms with van der Waals surface area (Å²) in [6.45, 7) is 2.89. The number of carboxylic acids is 1. The van der Waals surface area contributed by atoms with Gasteiger partial charge in [0, 0.05) is 25.8 Å². The number of hydrogen-bond donors (Lipinski definition) is 1. The number of urea groups is 1. The lowest BCUT2D eigenvalue weighted by atomic mass is 9.99. The summed E-state index contributed by atoms with van der Waals surface area (Å²) in [5, 5.41) is 9.11. The molecule has 0 bridgehead atoms. The maximum atomic E-state index is 12.0. The van der Waals surface area contributed by atoms with Crippen LogP contribution in [0.1, 0.15) is 18.4 Å². The summed E-state index contributed by atoms with van der Waals surface area (Å²) in [6, 6.07) is 7.09. The van der Waals surface area contributed by atoms with Crippen LogP contribution in [0.3, 0.4) is 0 Å². The van der Waals surface area contributed by atoms with E-state index in [0.29, 0.717) is 24.3 Å². The van der Waals surface area contributed by atoms with E-state index in [2.05, 4.69) is 0 Å². The van der Waals surface area contributed by atoms with E-state index >= 15 is 0 Å². The fourth-order valence-corrected chi connectivity index (χ4v) is 2.10. The number of para-hydroxylation sites is 1. The number of rotatable bonds is 3. The van der Waals surface area contributed by atoms with E-state index in [0.717, 1.165) is 0 Å². The minimum atomic E-state index is -0.887. The zero-order chi connectivity index (χ0) is 13.3. The summed E-state index contributed by atoms with van der Waals surface area (Å²) in [4.78, 5) is 26.3. The van der Waals surface area contributed by atoms with Crippen molar-refractivity contribution in [1.29, 1.82) is 0 Å². The van der Waals surface area contributed by atoms with Gasteiger partial charge in [-0.3, -0.25) is 9.69 Å². The van der Waals surface area contributed by atoms with E-state index in [1.165, 1.54) is 0 Å². The third-order valence-electron chi connectivity index (χ3n) is 3.28. The van der Waals surface area contributed by atoms with Gasteiger partial charge in [0.25, 0.3) is 0 Å². The van der Waals surface area contributed by atoms with Gasteiger partial charge in [-0.05, 0) is 18.6 Å². The van der Waals surface area contributed by atoms with E-state index in [1.807, 2.05) is 6.07 Å². The number of amides is 2. The van der Waals surface area contributed by atoms with Crippen molar-refractivity contribution in [2.75, 3.05) is 25.0 Å². The van der Waals surface area contributed by atoms with Crippen LogP contribution in [0, 0.1) is 0 Å². The summed E-state index contributed by atoms with van der Waals surface area (Å²) in [6.07, 6.45) is 0. The van der Waals surface area contributed by atoms with Crippen molar-refractivity contribution >= 4 is 17.7 Å². The molecule has 1 aliphatic rings. The molecule has 1 unspecified atom stereocenters. The molecule has 0 radical (unpaired) electrons. The molecule has 1 aromatic carbocycles. The molecule has 1 aliphatic heterocycles. The number of carbonyl (C=O) groups is 2. The van der Waals surface area contributed by atoms with Crippen LogP contribution in [0.15, 0.2) is 24.3 Å². The number of aliphatic carboxylic acids is 1. The zero-order valence-electron chi connectivity index (χ0n) is 10.5. The fraction of sp³-hybridized carbons (Fsp3) is 0.385. The molecule has 0 saturated carbocycles. The Labute approximate surface area is 106 Å². The highest BCUT2D eigenvalue weighted by molar-refractivity contribution is 5.95. The quantitative estimate of drug-likeness (QED) is 0.886. The molecular weight excluding hydrogens is 232 g/mol. The highest BCUT2D eigenvalue weighted by Crippen LogP contribution is 2.29. The first kappa shape index (κ1) is 12.4. The largest absolute Gasteiger partial charge is 0.481 e. The molecule has 1 aromatic rings. The summed E-state index contributed by atoms with van der Waals surface area (Å²) in [5.74, 6) is -1.51. The van der Waals surface area contributed by atoms with Crippen LogP contribution in [-0.4, -0.2) is 42.1 Å². The Morgan fingerprint density at radius 1 is 1.33 bits per heavy atom. The van der Waals surface area contributed by atoms with E-state index in [4.69, 9.17) is 5.11 Å². The summed E-state index contributed by atoms with van der Waals surface area (Å²) < 4.78 is 0. The molecule has 0 aromatic heterocycles. The Kier molecular flexibility index (Phi) is 3.23. The van der Waals surface area contributed by atoms with E-state index in [1.54, 1.807) is 42.0 Å². The number of benzene rings is 1. The highest BCUT2D eigenvalue weighted by atomic mass is 16.4. The SMILES string of the molecule is CC(C(=O)O)c1ccccc1N1CCN(C)C1=O. The molecule has 0 aliphatic carbocycles. The smallest absolute Gasteiger partial charge is 0.324 e. The minimum absolute atomic E-state index is 0.0833. The lowest BCUT2D eigenvalue weighted by Crippen LogP contribution is -2.30. The van der Waals surface area contributed by atoms with Crippen LogP contribution < -0.4 is 4.90 Å². The monoisotopic (exact) mass is 248 g/mol. The topological polar surface area (TPSA) is 60.9 Å². The van der Waals surface area contributed by atoms with Gasteiger partial charge in [-0.2, -0.15) is 0 Å². The van der Waals surface area contributed by atoms with Crippen molar-refractivity contribution in [3.05, 3.63) is 29.8 Å². The van der Waals surface area contributed by atoms with Crippen molar-refractivity contribution in [2.24, 2.45) is 0 Å². The van der Waals surface area contributed by atoms with Gasteiger partial charge in [-0.15, -0.1) is 0 Å². The lowest BCUT2D eigenvalue weighted by Gasteiger charge is -2.21. The van der Waals surface area contributed by atoms with Crippen molar-refractivity contribution in [2.45, 2.75) is 12.8 Å². The molecule has 1 atom stereocenters. The average Bonchev–Trinajstić information content (AvgIpc) is 2.69. The molecule has 1 fully saturated rings. The standard InChI is InChI=1S/C13H16N2O3/c1-9(12(16)17)10-5-3-4-6-11(10)15-8-7-14(2)13(15)18/h3-6,9H,7-8H2,1-2H3,(H,16,17). The summed E-state index contributed by atoms with van der Waals surface area (Å²) in [5.41, 5.74) is 1.37. The lowest BCUT2D eigenvalue weighted by molar-refractivity contribution is -0.138. The van der Waals surface area contributed by atoms with Gasteiger partial charge in [0.05, 0.1) is 5.92 Å². The van der Waals surface area contributed by atoms with Gasteiger partial charge >= 0.3 is 12.0 Å². The zero-order valence-corrected chi connectivity index (χ0v) is 10.5. The maximum Gasteiger partial charge on any atom is 0.324 e. The van der Waals surface area contributed by atoms with Crippen LogP contribution in [0.2, 0.25) is 0 Å². The average molecular weight is 248 g/mol. The second-order valence-electron chi connectivity index (χ2n) is 4.47. The predicted molar refractivity (Wildman–Crippen MR) is 67.9 cm³/mol. The fourth-order valence-electron chi connectivity index (χ4n) is 2.10. The first-order chi connectivity index (χ1) is 8.52. The Hall–Kier alpha value is -2.04. The van der Waals surface area contributed by atoms with Gasteiger partial charge in [0.1, 0.15) is 0 Å². The molecule has 1 heterocycles. The molecule has 5 nitrogen and oxygen atoms in total. The Morgan fingerprint density at radius 3 is 2.56 bits per heavy atom. The molecule has 2 rings (SSSR count). The summed E-state index contributed by atoms with van der Waals surface area (Å²) in [7, 11) is 1.74. The molecule has 18 heavy (non-hydrogen) atoms. The number of anilines is 1. The number of hydrogen-bond acceptors (Lipinski definition) is 2. The third-order valence-corrected chi connectivity index (χ3v) is 3.28. The Morgan fingerprint density at radius 2 is 2.00 bits per heavy atom. The molecule has 1 saturated heterocycles. The molecule has 5 heteroatoms. The first-order valence-corrected chi connectivity index (χ1v) is 5.86. The van der Waals surface area contributed by atoms with Crippen LogP contribution in [0.5, 0.6) is 0 Å². The van der Waals surface area contributed by atoms with Crippen LogP contribution >= 0.6 is 0 Å². The van der Waals surface area contributed by atoms with Gasteiger partial charge in [0.2, 0.25) is 0 Å². The minimum Gasteiger partial charge on any atom is -0.481 e. The summed E-state index contributed by atoms with van der Waals surface area (Å²) >= 11 is 0. The van der Waals surface area contributed by atoms with Crippen molar-refractivity contribution in [3.63, 3.8) is 0 Å². The van der Waals surface area contributed by atoms with Crippen molar-refractivity contribution < 1.29 is 14.7 Å². The molecule has 1 N–H and O–H groups in total. The van der Waals surface area contributed by atoms with Crippen molar-refractivity contribution in [3.8, 4) is 0 Å². The highest BCUT2D eigenvalue weighted by Gasteiger charge is 2.29. The number of carbonyl (C=O) groups excluding carboxylic acids is 1. The first-order valence-electron chi connectivity index (χ1n) is 5.86. The normalized spacial score (nSPS) is 17.1. The molecular formula is C13H16N2O3. The van der Waals surface area contributed by atoms with Gasteiger partial charge in [-0.25, -0.2) is 4.79 Å².